The Hall–Kier alpha value is -3.69. The fraction of sp³-hybridized carbons (Fsp3) is 0.273. The number of hydrogen-bond acceptors (Lipinski definition) is 6. The highest BCUT2D eigenvalue weighted by atomic mass is 19.4. The molecule has 0 unspecified atom stereocenters. The summed E-state index contributed by atoms with van der Waals surface area (Å²) in [4.78, 5) is 18.7. The lowest BCUT2D eigenvalue weighted by atomic mass is 9.96. The standard InChI is InChI=1S/C22H20F3N5O2/c23-22(24,25)32-18-5-3-17(4-6-18)27-21(31)15-9-12-30(13-10-15)20-8-7-19(28-29-20)16-2-1-11-26-14-16/h1-8,11,14-15H,9-10,12-13H2,(H,27,31). The summed E-state index contributed by atoms with van der Waals surface area (Å²) in [5.41, 5.74) is 2.05. The molecule has 3 aromatic rings. The first-order valence-electron chi connectivity index (χ1n) is 10.0. The van der Waals surface area contributed by atoms with Gasteiger partial charge < -0.3 is 15.0 Å². The zero-order valence-electron chi connectivity index (χ0n) is 16.9. The van der Waals surface area contributed by atoms with Crippen LogP contribution in [0.1, 0.15) is 12.8 Å². The normalized spacial score (nSPS) is 14.8. The molecule has 1 aliphatic heterocycles. The van der Waals surface area contributed by atoms with Gasteiger partial charge in [0.1, 0.15) is 5.75 Å². The number of halogens is 3. The SMILES string of the molecule is O=C(Nc1ccc(OC(F)(F)F)cc1)C1CCN(c2ccc(-c3cccnc3)nn2)CC1. The van der Waals surface area contributed by atoms with Crippen LogP contribution in [0.25, 0.3) is 11.3 Å². The van der Waals surface area contributed by atoms with Gasteiger partial charge in [-0.25, -0.2) is 0 Å². The summed E-state index contributed by atoms with van der Waals surface area (Å²) in [5, 5.41) is 11.3. The van der Waals surface area contributed by atoms with Gasteiger partial charge in [-0.15, -0.1) is 23.4 Å². The van der Waals surface area contributed by atoms with Crippen LogP contribution in [-0.4, -0.2) is 40.5 Å². The molecule has 1 aliphatic rings. The molecule has 0 saturated carbocycles. The quantitative estimate of drug-likeness (QED) is 0.634. The number of ether oxygens (including phenoxy) is 1. The first-order chi connectivity index (χ1) is 15.4. The van der Waals surface area contributed by atoms with Crippen molar-refractivity contribution in [3.8, 4) is 17.0 Å². The number of carbonyl (C=O) groups is 1. The smallest absolute Gasteiger partial charge is 0.406 e. The lowest BCUT2D eigenvalue weighted by Crippen LogP contribution is -2.38. The van der Waals surface area contributed by atoms with E-state index < -0.39 is 6.36 Å². The number of amides is 1. The van der Waals surface area contributed by atoms with Crippen LogP contribution in [-0.2, 0) is 4.79 Å². The molecule has 0 bridgehead atoms. The first kappa shape index (κ1) is 21.5. The molecule has 1 amide bonds. The average Bonchev–Trinajstić information content (AvgIpc) is 2.80. The summed E-state index contributed by atoms with van der Waals surface area (Å²) < 4.78 is 40.6. The van der Waals surface area contributed by atoms with E-state index in [9.17, 15) is 18.0 Å². The molecule has 1 saturated heterocycles. The molecule has 4 rings (SSSR count). The molecule has 7 nitrogen and oxygen atoms in total. The number of nitrogens with one attached hydrogen (secondary N) is 1. The van der Waals surface area contributed by atoms with Gasteiger partial charge in [-0.05, 0) is 61.4 Å². The van der Waals surface area contributed by atoms with E-state index >= 15 is 0 Å². The number of alkyl halides is 3. The van der Waals surface area contributed by atoms with Crippen LogP contribution in [0.15, 0.2) is 60.9 Å². The monoisotopic (exact) mass is 443 g/mol. The van der Waals surface area contributed by atoms with Crippen molar-refractivity contribution in [2.45, 2.75) is 19.2 Å². The molecule has 1 fully saturated rings. The number of anilines is 2. The van der Waals surface area contributed by atoms with Crippen LogP contribution < -0.4 is 15.0 Å². The van der Waals surface area contributed by atoms with Crippen LogP contribution in [0.3, 0.4) is 0 Å². The fourth-order valence-corrected chi connectivity index (χ4v) is 3.52. The zero-order chi connectivity index (χ0) is 22.6. The van der Waals surface area contributed by atoms with Crippen LogP contribution in [0.5, 0.6) is 5.75 Å². The van der Waals surface area contributed by atoms with Gasteiger partial charge in [-0.3, -0.25) is 9.78 Å². The van der Waals surface area contributed by atoms with E-state index in [0.29, 0.717) is 31.6 Å². The number of rotatable bonds is 5. The highest BCUT2D eigenvalue weighted by Crippen LogP contribution is 2.26. The minimum absolute atomic E-state index is 0.160. The van der Waals surface area contributed by atoms with E-state index in [1.807, 2.05) is 24.3 Å². The van der Waals surface area contributed by atoms with Crippen molar-refractivity contribution in [1.82, 2.24) is 15.2 Å². The summed E-state index contributed by atoms with van der Waals surface area (Å²) in [6, 6.07) is 12.6. The number of carbonyl (C=O) groups excluding carboxylic acids is 1. The van der Waals surface area contributed by atoms with E-state index in [-0.39, 0.29) is 17.6 Å². The Bertz CT molecular complexity index is 1040. The molecular weight excluding hydrogens is 423 g/mol. The molecular formula is C22H20F3N5O2. The van der Waals surface area contributed by atoms with Crippen LogP contribution in [0.2, 0.25) is 0 Å². The van der Waals surface area contributed by atoms with Gasteiger partial charge in [0.25, 0.3) is 0 Å². The van der Waals surface area contributed by atoms with Crippen molar-refractivity contribution in [2.24, 2.45) is 5.92 Å². The molecule has 1 aromatic carbocycles. The minimum Gasteiger partial charge on any atom is -0.406 e. The third-order valence-corrected chi connectivity index (χ3v) is 5.15. The van der Waals surface area contributed by atoms with Gasteiger partial charge in [0, 0.05) is 42.7 Å². The van der Waals surface area contributed by atoms with Gasteiger partial charge >= 0.3 is 6.36 Å². The zero-order valence-corrected chi connectivity index (χ0v) is 16.9. The molecule has 0 spiro atoms. The number of pyridine rings is 1. The highest BCUT2D eigenvalue weighted by Gasteiger charge is 2.31. The fourth-order valence-electron chi connectivity index (χ4n) is 3.52. The average molecular weight is 443 g/mol. The number of hydrogen-bond donors (Lipinski definition) is 1. The van der Waals surface area contributed by atoms with Crippen LogP contribution in [0, 0.1) is 5.92 Å². The largest absolute Gasteiger partial charge is 0.573 e. The predicted molar refractivity (Wildman–Crippen MR) is 112 cm³/mol. The third-order valence-electron chi connectivity index (χ3n) is 5.15. The Morgan fingerprint density at radius 3 is 2.38 bits per heavy atom. The second-order valence-electron chi connectivity index (χ2n) is 7.34. The molecule has 32 heavy (non-hydrogen) atoms. The van der Waals surface area contributed by atoms with E-state index in [2.05, 4.69) is 30.1 Å². The molecule has 0 atom stereocenters. The van der Waals surface area contributed by atoms with Crippen molar-refractivity contribution in [2.75, 3.05) is 23.3 Å². The predicted octanol–water partition coefficient (Wildman–Crippen LogP) is 4.29. The van der Waals surface area contributed by atoms with E-state index in [1.54, 1.807) is 12.4 Å². The van der Waals surface area contributed by atoms with Gasteiger partial charge in [-0.1, -0.05) is 0 Å². The van der Waals surface area contributed by atoms with Crippen LogP contribution >= 0.6 is 0 Å². The van der Waals surface area contributed by atoms with E-state index in [4.69, 9.17) is 0 Å². The molecule has 166 valence electrons. The minimum atomic E-state index is -4.75. The van der Waals surface area contributed by atoms with E-state index in [0.717, 1.165) is 17.1 Å². The van der Waals surface area contributed by atoms with Gasteiger partial charge in [0.15, 0.2) is 5.82 Å². The summed E-state index contributed by atoms with van der Waals surface area (Å²) in [7, 11) is 0. The Balaban J connectivity index is 1.29. The second kappa shape index (κ2) is 9.21. The number of aromatic nitrogens is 3. The topological polar surface area (TPSA) is 80.2 Å². The molecule has 0 aliphatic carbocycles. The van der Waals surface area contributed by atoms with E-state index in [1.165, 1.54) is 24.3 Å². The van der Waals surface area contributed by atoms with Gasteiger partial charge in [0.05, 0.1) is 5.69 Å². The maximum Gasteiger partial charge on any atom is 0.573 e. The summed E-state index contributed by atoms with van der Waals surface area (Å²) in [6.45, 7) is 1.30. The van der Waals surface area contributed by atoms with Crippen LogP contribution in [0.4, 0.5) is 24.7 Å². The highest BCUT2D eigenvalue weighted by molar-refractivity contribution is 5.92. The molecule has 2 aromatic heterocycles. The lowest BCUT2D eigenvalue weighted by Gasteiger charge is -2.31. The summed E-state index contributed by atoms with van der Waals surface area (Å²) in [6.07, 6.45) is -0.0594. The lowest BCUT2D eigenvalue weighted by molar-refractivity contribution is -0.274. The summed E-state index contributed by atoms with van der Waals surface area (Å²) >= 11 is 0. The maximum absolute atomic E-state index is 12.6. The van der Waals surface area contributed by atoms with Crippen molar-refractivity contribution in [1.29, 1.82) is 0 Å². The number of nitrogens with zero attached hydrogens (tertiary/aromatic N) is 4. The van der Waals surface area contributed by atoms with Crippen molar-refractivity contribution < 1.29 is 22.7 Å². The Morgan fingerprint density at radius 2 is 1.78 bits per heavy atom. The van der Waals surface area contributed by atoms with Gasteiger partial charge in [-0.2, -0.15) is 0 Å². The van der Waals surface area contributed by atoms with Crippen molar-refractivity contribution in [3.05, 3.63) is 60.9 Å². The number of piperidine rings is 1. The molecule has 1 N–H and O–H groups in total. The third kappa shape index (κ3) is 5.51. The first-order valence-corrected chi connectivity index (χ1v) is 10.0. The van der Waals surface area contributed by atoms with Crippen molar-refractivity contribution >= 4 is 17.4 Å². The Labute approximate surface area is 182 Å². The second-order valence-corrected chi connectivity index (χ2v) is 7.34. The summed E-state index contributed by atoms with van der Waals surface area (Å²) in [5.74, 6) is 0.0586. The molecule has 0 radical (unpaired) electrons. The molecule has 10 heteroatoms. The Morgan fingerprint density at radius 1 is 1.03 bits per heavy atom. The van der Waals surface area contributed by atoms with Crippen molar-refractivity contribution in [3.63, 3.8) is 0 Å². The van der Waals surface area contributed by atoms with Gasteiger partial charge in [0.2, 0.25) is 5.91 Å². The Kier molecular flexibility index (Phi) is 6.20. The molecule has 3 heterocycles. The number of benzene rings is 1. The maximum atomic E-state index is 12.6.